The number of H-pyrrole nitrogens is 1. The molecule has 0 bridgehead atoms. The van der Waals surface area contributed by atoms with Gasteiger partial charge in [0.1, 0.15) is 0 Å². The van der Waals surface area contributed by atoms with Crippen LogP contribution in [0.1, 0.15) is 11.7 Å². The van der Waals surface area contributed by atoms with Crippen LogP contribution in [0.2, 0.25) is 0 Å². The molecule has 1 aliphatic rings. The number of sulfonamides is 1. The first-order valence-electron chi connectivity index (χ1n) is 6.16. The molecular formula is C11H15N5O3S. The predicted octanol–water partition coefficient (Wildman–Crippen LogP) is -0.0946. The number of ether oxygens (including phenoxy) is 1. The van der Waals surface area contributed by atoms with E-state index in [4.69, 9.17) is 4.74 Å². The van der Waals surface area contributed by atoms with Crippen LogP contribution in [0.4, 0.5) is 0 Å². The molecule has 9 heteroatoms. The molecule has 3 heterocycles. The van der Waals surface area contributed by atoms with Crippen LogP contribution in [0.25, 0.3) is 0 Å². The van der Waals surface area contributed by atoms with Crippen molar-refractivity contribution in [3.63, 3.8) is 0 Å². The van der Waals surface area contributed by atoms with Crippen LogP contribution in [0.15, 0.2) is 29.8 Å². The number of nitrogens with zero attached hydrogens (tertiary/aromatic N) is 4. The third-order valence-electron chi connectivity index (χ3n) is 3.21. The Balaban J connectivity index is 1.97. The van der Waals surface area contributed by atoms with Gasteiger partial charge in [-0.1, -0.05) is 0 Å². The Hall–Kier alpha value is -1.71. The van der Waals surface area contributed by atoms with E-state index in [1.165, 1.54) is 16.8 Å². The average Bonchev–Trinajstić information content (AvgIpc) is 3.10. The molecule has 0 amide bonds. The van der Waals surface area contributed by atoms with Crippen molar-refractivity contribution in [2.45, 2.75) is 11.1 Å². The molecule has 0 saturated carbocycles. The van der Waals surface area contributed by atoms with Gasteiger partial charge in [0.05, 0.1) is 31.3 Å². The van der Waals surface area contributed by atoms with E-state index in [-0.39, 0.29) is 5.03 Å². The lowest BCUT2D eigenvalue weighted by Crippen LogP contribution is -2.43. The molecule has 0 radical (unpaired) electrons. The first-order valence-corrected chi connectivity index (χ1v) is 7.60. The Morgan fingerprint density at radius 1 is 1.50 bits per heavy atom. The first-order chi connectivity index (χ1) is 9.59. The number of hydrogen-bond acceptors (Lipinski definition) is 5. The summed E-state index contributed by atoms with van der Waals surface area (Å²) in [4.78, 5) is 3.95. The summed E-state index contributed by atoms with van der Waals surface area (Å²) < 4.78 is 33.7. The highest BCUT2D eigenvalue weighted by molar-refractivity contribution is 7.89. The van der Waals surface area contributed by atoms with Gasteiger partial charge in [0.2, 0.25) is 0 Å². The number of nitrogens with one attached hydrogen (secondary N) is 1. The highest BCUT2D eigenvalue weighted by Gasteiger charge is 2.36. The van der Waals surface area contributed by atoms with Crippen molar-refractivity contribution in [1.82, 2.24) is 24.1 Å². The maximum atomic E-state index is 12.7. The van der Waals surface area contributed by atoms with E-state index < -0.39 is 16.1 Å². The zero-order valence-electron chi connectivity index (χ0n) is 10.9. The van der Waals surface area contributed by atoms with E-state index in [1.807, 2.05) is 0 Å². The minimum absolute atomic E-state index is 0.0476. The normalized spacial score (nSPS) is 21.1. The second-order valence-corrected chi connectivity index (χ2v) is 6.43. The lowest BCUT2D eigenvalue weighted by Gasteiger charge is -2.33. The number of aryl methyl sites for hydroxylation is 1. The zero-order chi connectivity index (χ0) is 14.2. The van der Waals surface area contributed by atoms with E-state index in [2.05, 4.69) is 15.2 Å². The van der Waals surface area contributed by atoms with E-state index in [0.29, 0.717) is 25.5 Å². The summed E-state index contributed by atoms with van der Waals surface area (Å²) in [5.41, 5.74) is 0.712. The molecule has 8 nitrogen and oxygen atoms in total. The average molecular weight is 297 g/mol. The van der Waals surface area contributed by atoms with Crippen LogP contribution in [0.3, 0.4) is 0 Å². The topological polar surface area (TPSA) is 93.1 Å². The second kappa shape index (κ2) is 5.00. The molecule has 0 aromatic carbocycles. The molecule has 2 aromatic rings. The van der Waals surface area contributed by atoms with Crippen LogP contribution >= 0.6 is 0 Å². The summed E-state index contributed by atoms with van der Waals surface area (Å²) in [6.07, 6.45) is 4.56. The number of imidazole rings is 1. The summed E-state index contributed by atoms with van der Waals surface area (Å²) in [7, 11) is -1.91. The van der Waals surface area contributed by atoms with Crippen molar-refractivity contribution in [2.75, 3.05) is 19.8 Å². The van der Waals surface area contributed by atoms with Crippen molar-refractivity contribution >= 4 is 10.0 Å². The van der Waals surface area contributed by atoms with Crippen LogP contribution in [-0.2, 0) is 21.8 Å². The van der Waals surface area contributed by atoms with Gasteiger partial charge in [0, 0.05) is 26.0 Å². The molecule has 0 spiro atoms. The van der Waals surface area contributed by atoms with E-state index >= 15 is 0 Å². The van der Waals surface area contributed by atoms with Gasteiger partial charge < -0.3 is 9.30 Å². The van der Waals surface area contributed by atoms with Crippen molar-refractivity contribution in [2.24, 2.45) is 7.05 Å². The Bertz CT molecular complexity index is 679. The number of aromatic nitrogens is 4. The maximum Gasteiger partial charge on any atom is 0.262 e. The van der Waals surface area contributed by atoms with E-state index in [9.17, 15) is 8.42 Å². The summed E-state index contributed by atoms with van der Waals surface area (Å²) in [5, 5.41) is 6.72. The molecule has 1 aliphatic heterocycles. The molecule has 1 atom stereocenters. The first kappa shape index (κ1) is 13.3. The SMILES string of the molecule is Cn1cnc(S(=O)(=O)N2CCOCC2c2ccn[nH]2)c1. The fourth-order valence-corrected chi connectivity index (χ4v) is 3.76. The van der Waals surface area contributed by atoms with Crippen LogP contribution in [0, 0.1) is 0 Å². The number of aromatic amines is 1. The van der Waals surface area contributed by atoms with Gasteiger partial charge in [-0.05, 0) is 6.07 Å². The Morgan fingerprint density at radius 2 is 2.35 bits per heavy atom. The molecule has 2 aromatic heterocycles. The molecule has 20 heavy (non-hydrogen) atoms. The molecule has 1 N–H and O–H groups in total. The molecule has 108 valence electrons. The quantitative estimate of drug-likeness (QED) is 0.854. The van der Waals surface area contributed by atoms with Crippen molar-refractivity contribution in [1.29, 1.82) is 0 Å². The van der Waals surface area contributed by atoms with E-state index in [0.717, 1.165) is 0 Å². The minimum Gasteiger partial charge on any atom is -0.378 e. The van der Waals surface area contributed by atoms with Gasteiger partial charge in [-0.2, -0.15) is 9.40 Å². The highest BCUT2D eigenvalue weighted by atomic mass is 32.2. The monoisotopic (exact) mass is 297 g/mol. The Labute approximate surface area is 116 Å². The van der Waals surface area contributed by atoms with Crippen molar-refractivity contribution in [3.8, 4) is 0 Å². The number of morpholine rings is 1. The maximum absolute atomic E-state index is 12.7. The van der Waals surface area contributed by atoms with Crippen LogP contribution in [0.5, 0.6) is 0 Å². The standard InChI is InChI=1S/C11H15N5O3S/c1-15-6-11(12-8-15)20(17,18)16-4-5-19-7-10(16)9-2-3-13-14-9/h2-3,6,8,10H,4-5,7H2,1H3,(H,13,14). The third-order valence-corrected chi connectivity index (χ3v) is 5.01. The summed E-state index contributed by atoms with van der Waals surface area (Å²) >= 11 is 0. The van der Waals surface area contributed by atoms with Crippen molar-refractivity contribution < 1.29 is 13.2 Å². The minimum atomic E-state index is -3.64. The molecule has 1 fully saturated rings. The highest BCUT2D eigenvalue weighted by Crippen LogP contribution is 2.28. The lowest BCUT2D eigenvalue weighted by molar-refractivity contribution is 0.0305. The van der Waals surface area contributed by atoms with Gasteiger partial charge in [0.15, 0.2) is 5.03 Å². The van der Waals surface area contributed by atoms with Crippen molar-refractivity contribution in [3.05, 3.63) is 30.5 Å². The van der Waals surface area contributed by atoms with Crippen LogP contribution in [-0.4, -0.2) is 52.2 Å². The summed E-state index contributed by atoms with van der Waals surface area (Å²) in [6.45, 7) is 0.966. The molecule has 0 aliphatic carbocycles. The fraction of sp³-hybridized carbons (Fsp3) is 0.455. The van der Waals surface area contributed by atoms with Gasteiger partial charge in [-0.15, -0.1) is 0 Å². The number of rotatable bonds is 3. The van der Waals surface area contributed by atoms with Gasteiger partial charge in [0.25, 0.3) is 10.0 Å². The largest absolute Gasteiger partial charge is 0.378 e. The lowest BCUT2D eigenvalue weighted by atomic mass is 10.2. The van der Waals surface area contributed by atoms with Gasteiger partial charge in [-0.3, -0.25) is 5.10 Å². The molecule has 1 saturated heterocycles. The fourth-order valence-electron chi connectivity index (χ4n) is 2.22. The second-order valence-electron chi connectivity index (χ2n) is 4.60. The molecule has 1 unspecified atom stereocenters. The number of hydrogen-bond donors (Lipinski definition) is 1. The Kier molecular flexibility index (Phi) is 3.32. The van der Waals surface area contributed by atoms with Crippen LogP contribution < -0.4 is 0 Å². The zero-order valence-corrected chi connectivity index (χ0v) is 11.7. The summed E-state index contributed by atoms with van der Waals surface area (Å²) in [5.74, 6) is 0. The summed E-state index contributed by atoms with van der Waals surface area (Å²) in [6, 6.07) is 1.35. The van der Waals surface area contributed by atoms with E-state index in [1.54, 1.807) is 23.9 Å². The third kappa shape index (κ3) is 2.23. The van der Waals surface area contributed by atoms with Gasteiger partial charge >= 0.3 is 0 Å². The smallest absolute Gasteiger partial charge is 0.262 e. The predicted molar refractivity (Wildman–Crippen MR) is 69.2 cm³/mol. The Morgan fingerprint density at radius 3 is 3.00 bits per heavy atom. The molecule has 3 rings (SSSR count). The van der Waals surface area contributed by atoms with Gasteiger partial charge in [-0.25, -0.2) is 13.4 Å². The molecular weight excluding hydrogens is 282 g/mol.